The molecule has 0 aromatic heterocycles. The Balaban J connectivity index is 2.27. The van der Waals surface area contributed by atoms with Crippen molar-refractivity contribution in [2.75, 3.05) is 18.9 Å². The molecule has 5 nitrogen and oxygen atoms in total. The Kier molecular flexibility index (Phi) is 6.41. The van der Waals surface area contributed by atoms with E-state index in [1.807, 2.05) is 0 Å². The van der Waals surface area contributed by atoms with Gasteiger partial charge in [0.25, 0.3) is 0 Å². The van der Waals surface area contributed by atoms with E-state index in [2.05, 4.69) is 5.32 Å². The van der Waals surface area contributed by atoms with Gasteiger partial charge in [-0.15, -0.1) is 0 Å². The van der Waals surface area contributed by atoms with Crippen molar-refractivity contribution in [3.05, 3.63) is 58.1 Å². The van der Waals surface area contributed by atoms with Gasteiger partial charge in [-0.25, -0.2) is 8.42 Å². The summed E-state index contributed by atoms with van der Waals surface area (Å²) in [7, 11) is -3.61. The number of halogens is 5. The Morgan fingerprint density at radius 3 is 2.37 bits per heavy atom. The molecule has 27 heavy (non-hydrogen) atoms. The summed E-state index contributed by atoms with van der Waals surface area (Å²) in [5, 5.41) is 2.36. The van der Waals surface area contributed by atoms with E-state index in [1.54, 1.807) is 12.1 Å². The van der Waals surface area contributed by atoms with Gasteiger partial charge in [0.2, 0.25) is 15.9 Å². The van der Waals surface area contributed by atoms with Crippen LogP contribution in [-0.2, 0) is 21.0 Å². The highest BCUT2D eigenvalue weighted by Gasteiger charge is 2.39. The van der Waals surface area contributed by atoms with Crippen LogP contribution in [0.5, 0.6) is 0 Å². The summed E-state index contributed by atoms with van der Waals surface area (Å²) in [4.78, 5) is 11.1. The van der Waals surface area contributed by atoms with Crippen molar-refractivity contribution in [1.82, 2.24) is 4.31 Å². The van der Waals surface area contributed by atoms with E-state index in [4.69, 9.17) is 23.2 Å². The Morgan fingerprint density at radius 2 is 1.78 bits per heavy atom. The molecule has 0 fully saturated rings. The zero-order chi connectivity index (χ0) is 20.4. The average molecular weight is 441 g/mol. The number of hydrogen-bond acceptors (Lipinski definition) is 3. The molecule has 0 aliphatic heterocycles. The summed E-state index contributed by atoms with van der Waals surface area (Å²) < 4.78 is 65.1. The fourth-order valence-corrected chi connectivity index (χ4v) is 3.83. The summed E-state index contributed by atoms with van der Waals surface area (Å²) in [6, 6.07) is 8.55. The van der Waals surface area contributed by atoms with Gasteiger partial charge in [0, 0.05) is 12.1 Å². The number of hydrogen-bond donors (Lipinski definition) is 1. The quantitative estimate of drug-likeness (QED) is 0.754. The Bertz CT molecular complexity index is 966. The molecular formula is C16H13Cl2F3N2O3S. The van der Waals surface area contributed by atoms with E-state index in [0.29, 0.717) is 10.4 Å². The molecule has 2 aromatic rings. The van der Waals surface area contributed by atoms with Gasteiger partial charge in [0.1, 0.15) is 0 Å². The number of nitrogens with zero attached hydrogens (tertiary/aromatic N) is 1. The van der Waals surface area contributed by atoms with Crippen LogP contribution < -0.4 is 5.32 Å². The first-order chi connectivity index (χ1) is 12.4. The number of carbonyl (C=O) groups excluding carboxylic acids is 1. The maximum Gasteiger partial charge on any atom is 0.417 e. The van der Waals surface area contributed by atoms with E-state index in [-0.39, 0.29) is 15.7 Å². The van der Waals surface area contributed by atoms with Crippen molar-refractivity contribution in [2.24, 2.45) is 0 Å². The molecular weight excluding hydrogens is 428 g/mol. The van der Waals surface area contributed by atoms with E-state index in [1.165, 1.54) is 12.1 Å². The number of anilines is 1. The van der Waals surface area contributed by atoms with E-state index >= 15 is 0 Å². The second kappa shape index (κ2) is 8.05. The predicted octanol–water partition coefficient (Wildman–Crippen LogP) is 4.27. The lowest BCUT2D eigenvalue weighted by atomic mass is 10.2. The van der Waals surface area contributed by atoms with E-state index in [0.717, 1.165) is 19.2 Å². The third-order valence-corrected chi connectivity index (χ3v) is 5.88. The van der Waals surface area contributed by atoms with Crippen LogP contribution in [0.15, 0.2) is 47.4 Å². The Hall–Kier alpha value is -1.81. The smallest absolute Gasteiger partial charge is 0.324 e. The number of rotatable bonds is 5. The van der Waals surface area contributed by atoms with Crippen molar-refractivity contribution in [3.63, 3.8) is 0 Å². The fourth-order valence-electron chi connectivity index (χ4n) is 2.16. The van der Waals surface area contributed by atoms with Crippen molar-refractivity contribution in [3.8, 4) is 0 Å². The van der Waals surface area contributed by atoms with Crippen molar-refractivity contribution < 1.29 is 26.4 Å². The third-order valence-electron chi connectivity index (χ3n) is 3.45. The highest BCUT2D eigenvalue weighted by Crippen LogP contribution is 2.36. The van der Waals surface area contributed by atoms with Crippen LogP contribution >= 0.6 is 23.2 Å². The number of likely N-dealkylation sites (N-methyl/N-ethyl adjacent to an activating group) is 1. The standard InChI is InChI=1S/C16H13Cl2F3N2O3S/c1-23(9-15(24)22-13-5-3-2-4-12(13)18)27(25,26)14-7-6-10(17)8-11(14)16(19,20)21/h2-8H,9H2,1H3,(H,22,24). The maximum absolute atomic E-state index is 13.2. The maximum atomic E-state index is 13.2. The van der Waals surface area contributed by atoms with Crippen LogP contribution in [0.1, 0.15) is 5.56 Å². The highest BCUT2D eigenvalue weighted by atomic mass is 35.5. The number of alkyl halides is 3. The lowest BCUT2D eigenvalue weighted by Crippen LogP contribution is -2.35. The van der Waals surface area contributed by atoms with Crippen LogP contribution in [0.4, 0.5) is 18.9 Å². The fraction of sp³-hybridized carbons (Fsp3) is 0.188. The van der Waals surface area contributed by atoms with Crippen LogP contribution in [0.25, 0.3) is 0 Å². The second-order valence-electron chi connectivity index (χ2n) is 5.43. The van der Waals surface area contributed by atoms with E-state index in [9.17, 15) is 26.4 Å². The monoisotopic (exact) mass is 440 g/mol. The molecule has 2 rings (SSSR count). The molecule has 0 heterocycles. The van der Waals surface area contributed by atoms with E-state index < -0.39 is 39.1 Å². The third kappa shape index (κ3) is 5.13. The Morgan fingerprint density at radius 1 is 1.15 bits per heavy atom. The number of carbonyl (C=O) groups is 1. The van der Waals surface area contributed by atoms with Gasteiger partial charge < -0.3 is 5.32 Å². The van der Waals surface area contributed by atoms with Gasteiger partial charge in [-0.1, -0.05) is 35.3 Å². The molecule has 0 saturated carbocycles. The molecule has 0 atom stereocenters. The number of nitrogens with one attached hydrogen (secondary N) is 1. The first kappa shape index (κ1) is 21.5. The first-order valence-corrected chi connectivity index (χ1v) is 9.50. The van der Waals surface area contributed by atoms with Crippen LogP contribution in [-0.4, -0.2) is 32.2 Å². The summed E-state index contributed by atoms with van der Waals surface area (Å²) in [5.74, 6) is -0.767. The van der Waals surface area contributed by atoms with Gasteiger partial charge in [0.15, 0.2) is 0 Å². The van der Waals surface area contributed by atoms with Gasteiger partial charge in [-0.05, 0) is 30.3 Å². The molecule has 0 aliphatic rings. The van der Waals surface area contributed by atoms with Crippen molar-refractivity contribution in [2.45, 2.75) is 11.1 Å². The average Bonchev–Trinajstić information content (AvgIpc) is 2.55. The summed E-state index contributed by atoms with van der Waals surface area (Å²) >= 11 is 11.4. The minimum Gasteiger partial charge on any atom is -0.324 e. The zero-order valence-electron chi connectivity index (χ0n) is 13.7. The Labute approximate surface area is 163 Å². The number of para-hydroxylation sites is 1. The summed E-state index contributed by atoms with van der Waals surface area (Å²) in [6.45, 7) is -0.715. The molecule has 1 amide bonds. The molecule has 11 heteroatoms. The zero-order valence-corrected chi connectivity index (χ0v) is 16.0. The largest absolute Gasteiger partial charge is 0.417 e. The highest BCUT2D eigenvalue weighted by molar-refractivity contribution is 7.89. The lowest BCUT2D eigenvalue weighted by Gasteiger charge is -2.20. The molecule has 0 bridgehead atoms. The van der Waals surface area contributed by atoms with Crippen molar-refractivity contribution >= 4 is 44.8 Å². The van der Waals surface area contributed by atoms with Crippen LogP contribution in [0.3, 0.4) is 0 Å². The minimum absolute atomic E-state index is 0.230. The van der Waals surface area contributed by atoms with Crippen molar-refractivity contribution in [1.29, 1.82) is 0 Å². The SMILES string of the molecule is CN(CC(=O)Nc1ccccc1Cl)S(=O)(=O)c1ccc(Cl)cc1C(F)(F)F. The minimum atomic E-state index is -4.94. The predicted molar refractivity (Wildman–Crippen MR) is 96.4 cm³/mol. The lowest BCUT2D eigenvalue weighted by molar-refractivity contribution is -0.139. The summed E-state index contributed by atoms with van der Waals surface area (Å²) in [5.41, 5.74) is -1.16. The summed E-state index contributed by atoms with van der Waals surface area (Å²) in [6.07, 6.45) is -4.94. The van der Waals surface area contributed by atoms with Gasteiger partial charge in [-0.3, -0.25) is 4.79 Å². The normalized spacial score (nSPS) is 12.3. The number of amides is 1. The molecule has 146 valence electrons. The molecule has 0 saturated heterocycles. The topological polar surface area (TPSA) is 66.5 Å². The molecule has 0 aliphatic carbocycles. The first-order valence-electron chi connectivity index (χ1n) is 7.30. The number of benzene rings is 2. The van der Waals surface area contributed by atoms with Crippen LogP contribution in [0, 0.1) is 0 Å². The van der Waals surface area contributed by atoms with Gasteiger partial charge in [-0.2, -0.15) is 17.5 Å². The molecule has 0 unspecified atom stereocenters. The second-order valence-corrected chi connectivity index (χ2v) is 8.28. The molecule has 0 radical (unpaired) electrons. The molecule has 1 N–H and O–H groups in total. The van der Waals surface area contributed by atoms with Gasteiger partial charge >= 0.3 is 6.18 Å². The van der Waals surface area contributed by atoms with Crippen LogP contribution in [0.2, 0.25) is 10.0 Å². The number of sulfonamides is 1. The van der Waals surface area contributed by atoms with Gasteiger partial charge in [0.05, 0.1) is 27.7 Å². The molecule has 0 spiro atoms. The molecule has 2 aromatic carbocycles.